The van der Waals surface area contributed by atoms with Gasteiger partial charge in [0, 0.05) is 39.8 Å². The molecule has 1 aliphatic carbocycles. The third-order valence-corrected chi connectivity index (χ3v) is 5.75. The predicted octanol–water partition coefficient (Wildman–Crippen LogP) is 3.54. The molecule has 1 aromatic heterocycles. The Morgan fingerprint density at radius 1 is 1.32 bits per heavy atom. The van der Waals surface area contributed by atoms with Crippen molar-refractivity contribution in [1.29, 1.82) is 0 Å². The second-order valence-corrected chi connectivity index (χ2v) is 8.01. The van der Waals surface area contributed by atoms with Gasteiger partial charge in [0.1, 0.15) is 0 Å². The fourth-order valence-corrected chi connectivity index (χ4v) is 4.13. The molecule has 9 heteroatoms. The normalized spacial score (nSPS) is 24.2. The van der Waals surface area contributed by atoms with E-state index in [4.69, 9.17) is 4.74 Å². The van der Waals surface area contributed by atoms with Crippen molar-refractivity contribution < 1.29 is 22.7 Å². The number of hydrogen-bond acceptors (Lipinski definition) is 4. The van der Waals surface area contributed by atoms with Crippen molar-refractivity contribution in [3.05, 3.63) is 12.5 Å². The highest BCUT2D eigenvalue weighted by molar-refractivity contribution is 5.70. The average molecular weight is 402 g/mol. The van der Waals surface area contributed by atoms with Gasteiger partial charge in [0.15, 0.2) is 0 Å². The summed E-state index contributed by atoms with van der Waals surface area (Å²) >= 11 is 0. The Bertz CT molecular complexity index is 652. The van der Waals surface area contributed by atoms with Crippen LogP contribution in [-0.2, 0) is 7.05 Å². The first-order valence-corrected chi connectivity index (χ1v) is 10.0. The summed E-state index contributed by atoms with van der Waals surface area (Å²) in [6, 6.07) is 0. The lowest BCUT2D eigenvalue weighted by atomic mass is 10.2. The predicted molar refractivity (Wildman–Crippen MR) is 97.9 cm³/mol. The van der Waals surface area contributed by atoms with Crippen molar-refractivity contribution in [3.8, 4) is 5.88 Å². The molecule has 2 aliphatic rings. The fourth-order valence-electron chi connectivity index (χ4n) is 4.13. The summed E-state index contributed by atoms with van der Waals surface area (Å²) in [5, 5.41) is 0. The quantitative estimate of drug-likeness (QED) is 0.593. The van der Waals surface area contributed by atoms with Gasteiger partial charge in [-0.25, -0.2) is 9.78 Å². The Morgan fingerprint density at radius 3 is 2.61 bits per heavy atom. The minimum absolute atomic E-state index is 0.0746. The van der Waals surface area contributed by atoms with Crippen LogP contribution in [0.3, 0.4) is 0 Å². The SMILES string of the molecule is CCCCCN(CC1C2CN(CCC(F)(F)F)CC21)C(=O)Oc1cn(C)cn1. The number of carbonyl (C=O) groups is 1. The molecular formula is C19H29F3N4O2. The molecule has 1 aliphatic heterocycles. The van der Waals surface area contributed by atoms with Crippen LogP contribution in [-0.4, -0.2) is 64.3 Å². The van der Waals surface area contributed by atoms with Crippen LogP contribution in [0.5, 0.6) is 5.88 Å². The number of aromatic nitrogens is 2. The zero-order valence-electron chi connectivity index (χ0n) is 16.5. The Hall–Kier alpha value is -1.77. The second kappa shape index (κ2) is 8.71. The number of amides is 1. The van der Waals surface area contributed by atoms with E-state index >= 15 is 0 Å². The van der Waals surface area contributed by atoms with E-state index in [2.05, 4.69) is 11.9 Å². The molecule has 0 radical (unpaired) electrons. The number of carbonyl (C=O) groups excluding carboxylic acids is 1. The number of aryl methyl sites for hydroxylation is 1. The number of hydrogen-bond donors (Lipinski definition) is 0. The van der Waals surface area contributed by atoms with Gasteiger partial charge in [0.25, 0.3) is 0 Å². The van der Waals surface area contributed by atoms with Crippen LogP contribution >= 0.6 is 0 Å². The summed E-state index contributed by atoms with van der Waals surface area (Å²) in [6.45, 7) is 4.82. The first-order valence-electron chi connectivity index (χ1n) is 10.0. The van der Waals surface area contributed by atoms with E-state index in [1.807, 2.05) is 4.90 Å². The average Bonchev–Trinajstić information content (AvgIpc) is 2.97. The molecule has 6 nitrogen and oxygen atoms in total. The monoisotopic (exact) mass is 402 g/mol. The number of alkyl halides is 3. The van der Waals surface area contributed by atoms with E-state index in [1.165, 1.54) is 0 Å². The lowest BCUT2D eigenvalue weighted by molar-refractivity contribution is -0.137. The van der Waals surface area contributed by atoms with Gasteiger partial charge in [-0.05, 0) is 24.2 Å². The van der Waals surface area contributed by atoms with Crippen LogP contribution in [0.15, 0.2) is 12.5 Å². The van der Waals surface area contributed by atoms with Crippen molar-refractivity contribution in [1.82, 2.24) is 19.4 Å². The minimum atomic E-state index is -4.10. The van der Waals surface area contributed by atoms with Crippen molar-refractivity contribution >= 4 is 6.09 Å². The molecule has 0 aromatic carbocycles. The van der Waals surface area contributed by atoms with Crippen molar-refractivity contribution in [3.63, 3.8) is 0 Å². The summed E-state index contributed by atoms with van der Waals surface area (Å²) in [5.74, 6) is 1.43. The molecule has 0 bridgehead atoms. The smallest absolute Gasteiger partial charge is 0.389 e. The molecule has 0 N–H and O–H groups in total. The molecule has 2 unspecified atom stereocenters. The molecular weight excluding hydrogens is 373 g/mol. The molecule has 2 heterocycles. The third-order valence-electron chi connectivity index (χ3n) is 5.75. The Labute approximate surface area is 163 Å². The zero-order chi connectivity index (χ0) is 20.3. The number of fused-ring (bicyclic) bond motifs is 1. The van der Waals surface area contributed by atoms with Gasteiger partial charge < -0.3 is 19.1 Å². The maximum atomic E-state index is 12.6. The van der Waals surface area contributed by atoms with Gasteiger partial charge >= 0.3 is 12.3 Å². The van der Waals surface area contributed by atoms with Crippen LogP contribution in [0.1, 0.15) is 32.6 Å². The summed E-state index contributed by atoms with van der Waals surface area (Å²) in [6.07, 6.45) is 0.981. The van der Waals surface area contributed by atoms with Crippen LogP contribution in [0, 0.1) is 17.8 Å². The van der Waals surface area contributed by atoms with E-state index in [-0.39, 0.29) is 12.4 Å². The summed E-state index contributed by atoms with van der Waals surface area (Å²) in [5.41, 5.74) is 0. The molecule has 1 aromatic rings. The van der Waals surface area contributed by atoms with E-state index in [0.717, 1.165) is 19.3 Å². The van der Waals surface area contributed by atoms with Crippen molar-refractivity contribution in [2.75, 3.05) is 32.7 Å². The zero-order valence-corrected chi connectivity index (χ0v) is 16.5. The lowest BCUT2D eigenvalue weighted by Crippen LogP contribution is -2.38. The number of unbranched alkanes of at least 4 members (excludes halogenated alkanes) is 2. The number of imidazole rings is 1. The maximum Gasteiger partial charge on any atom is 0.416 e. The summed E-state index contributed by atoms with van der Waals surface area (Å²) < 4.78 is 44.3. The van der Waals surface area contributed by atoms with Crippen molar-refractivity contribution in [2.24, 2.45) is 24.8 Å². The molecule has 3 rings (SSSR count). The Balaban J connectivity index is 1.48. The highest BCUT2D eigenvalue weighted by Gasteiger charge is 2.56. The highest BCUT2D eigenvalue weighted by Crippen LogP contribution is 2.52. The number of halogens is 3. The van der Waals surface area contributed by atoms with Crippen LogP contribution in [0.2, 0.25) is 0 Å². The number of ether oxygens (including phenoxy) is 1. The number of likely N-dealkylation sites (tertiary alicyclic amines) is 1. The van der Waals surface area contributed by atoms with Gasteiger partial charge in [-0.3, -0.25) is 0 Å². The molecule has 1 saturated carbocycles. The fraction of sp³-hybridized carbons (Fsp3) is 0.789. The molecule has 158 valence electrons. The molecule has 2 atom stereocenters. The summed E-state index contributed by atoms with van der Waals surface area (Å²) in [4.78, 5) is 20.3. The van der Waals surface area contributed by atoms with Gasteiger partial charge in [-0.1, -0.05) is 19.8 Å². The van der Waals surface area contributed by atoms with E-state index in [0.29, 0.717) is 43.9 Å². The molecule has 2 fully saturated rings. The molecule has 1 amide bonds. The lowest BCUT2D eigenvalue weighted by Gasteiger charge is -2.24. The first kappa shape index (κ1) is 21.0. The van der Waals surface area contributed by atoms with Crippen LogP contribution in [0.4, 0.5) is 18.0 Å². The van der Waals surface area contributed by atoms with Crippen LogP contribution in [0.25, 0.3) is 0 Å². The number of nitrogens with zero attached hydrogens (tertiary/aromatic N) is 4. The molecule has 1 saturated heterocycles. The second-order valence-electron chi connectivity index (χ2n) is 8.01. The standard InChI is InChI=1S/C19H29F3N4O2/c1-3-4-5-7-26(18(27)28-17-12-24(2)13-23-17)11-16-14-9-25(10-15(14)16)8-6-19(20,21)22/h12-16H,3-11H2,1-2H3. The first-order chi connectivity index (χ1) is 13.3. The Morgan fingerprint density at radius 2 is 2.04 bits per heavy atom. The Kier molecular flexibility index (Phi) is 6.52. The van der Waals surface area contributed by atoms with Crippen LogP contribution < -0.4 is 4.74 Å². The maximum absolute atomic E-state index is 12.6. The topological polar surface area (TPSA) is 50.6 Å². The van der Waals surface area contributed by atoms with E-state index in [1.54, 1.807) is 29.0 Å². The van der Waals surface area contributed by atoms with E-state index < -0.39 is 18.7 Å². The van der Waals surface area contributed by atoms with Gasteiger partial charge in [-0.15, -0.1) is 0 Å². The molecule has 0 spiro atoms. The summed E-state index contributed by atoms with van der Waals surface area (Å²) in [7, 11) is 1.80. The van der Waals surface area contributed by atoms with E-state index in [9.17, 15) is 18.0 Å². The minimum Gasteiger partial charge on any atom is -0.389 e. The van der Waals surface area contributed by atoms with Gasteiger partial charge in [0.05, 0.1) is 18.9 Å². The largest absolute Gasteiger partial charge is 0.416 e. The third kappa shape index (κ3) is 5.62. The number of piperidine rings is 1. The molecule has 28 heavy (non-hydrogen) atoms. The highest BCUT2D eigenvalue weighted by atomic mass is 19.4. The van der Waals surface area contributed by atoms with Gasteiger partial charge in [-0.2, -0.15) is 13.2 Å². The van der Waals surface area contributed by atoms with Gasteiger partial charge in [0.2, 0.25) is 5.88 Å². The van der Waals surface area contributed by atoms with Crippen molar-refractivity contribution in [2.45, 2.75) is 38.8 Å². The number of rotatable bonds is 9.